The highest BCUT2D eigenvalue weighted by Gasteiger charge is 2.21. The molecule has 0 radical (unpaired) electrons. The second-order valence-corrected chi connectivity index (χ2v) is 5.65. The van der Waals surface area contributed by atoms with Gasteiger partial charge >= 0.3 is 5.97 Å². The number of rotatable bonds is 7. The average Bonchev–Trinajstić information content (AvgIpc) is 2.27. The van der Waals surface area contributed by atoms with Crippen LogP contribution >= 0.6 is 0 Å². The molecule has 1 aliphatic rings. The molecule has 0 aromatic rings. The number of likely N-dealkylation sites (tertiary alicyclic amines) is 1. The van der Waals surface area contributed by atoms with Crippen molar-refractivity contribution in [2.75, 3.05) is 13.1 Å². The van der Waals surface area contributed by atoms with E-state index in [-0.39, 0.29) is 0 Å². The summed E-state index contributed by atoms with van der Waals surface area (Å²) in [5.41, 5.74) is 0. The smallest absolute Gasteiger partial charge is 0.303 e. The van der Waals surface area contributed by atoms with Crippen molar-refractivity contribution in [3.05, 3.63) is 0 Å². The lowest BCUT2D eigenvalue weighted by atomic mass is 9.94. The Hall–Kier alpha value is -0.570. The van der Waals surface area contributed by atoms with Crippen molar-refractivity contribution in [2.24, 2.45) is 5.92 Å². The molecule has 0 aromatic heterocycles. The molecule has 1 unspecified atom stereocenters. The van der Waals surface area contributed by atoms with Gasteiger partial charge in [0.15, 0.2) is 0 Å². The maximum atomic E-state index is 10.5. The van der Waals surface area contributed by atoms with E-state index in [1.807, 2.05) is 0 Å². The maximum Gasteiger partial charge on any atom is 0.303 e. The Kier molecular flexibility index (Phi) is 6.56. The van der Waals surface area contributed by atoms with Crippen LogP contribution in [0.15, 0.2) is 0 Å². The van der Waals surface area contributed by atoms with Crippen molar-refractivity contribution in [3.63, 3.8) is 0 Å². The van der Waals surface area contributed by atoms with E-state index in [1.165, 1.54) is 38.6 Å². The van der Waals surface area contributed by atoms with Gasteiger partial charge in [-0.3, -0.25) is 4.79 Å². The zero-order valence-corrected chi connectivity index (χ0v) is 11.3. The molecule has 0 amide bonds. The van der Waals surface area contributed by atoms with Crippen LogP contribution in [0.2, 0.25) is 0 Å². The highest BCUT2D eigenvalue weighted by Crippen LogP contribution is 2.22. The van der Waals surface area contributed by atoms with Gasteiger partial charge in [-0.2, -0.15) is 0 Å². The molecule has 1 saturated heterocycles. The number of carbonyl (C=O) groups is 1. The highest BCUT2D eigenvalue weighted by molar-refractivity contribution is 5.66. The minimum Gasteiger partial charge on any atom is -0.481 e. The fraction of sp³-hybridized carbons (Fsp3) is 0.929. The van der Waals surface area contributed by atoms with Crippen molar-refractivity contribution in [3.8, 4) is 0 Å². The summed E-state index contributed by atoms with van der Waals surface area (Å²) in [5, 5.41) is 8.67. The van der Waals surface area contributed by atoms with Crippen molar-refractivity contribution < 1.29 is 9.90 Å². The van der Waals surface area contributed by atoms with E-state index < -0.39 is 5.97 Å². The second kappa shape index (κ2) is 7.70. The lowest BCUT2D eigenvalue weighted by molar-refractivity contribution is -0.137. The molecule has 1 atom stereocenters. The number of nitrogens with zero attached hydrogens (tertiary/aromatic N) is 1. The Morgan fingerprint density at radius 2 is 2.18 bits per heavy atom. The van der Waals surface area contributed by atoms with Gasteiger partial charge in [0.2, 0.25) is 0 Å². The van der Waals surface area contributed by atoms with Gasteiger partial charge in [0.1, 0.15) is 0 Å². The zero-order valence-electron chi connectivity index (χ0n) is 11.3. The molecule has 17 heavy (non-hydrogen) atoms. The summed E-state index contributed by atoms with van der Waals surface area (Å²) in [7, 11) is 0. The third-order valence-electron chi connectivity index (χ3n) is 3.66. The molecular weight excluding hydrogens is 214 g/mol. The second-order valence-electron chi connectivity index (χ2n) is 5.65. The summed E-state index contributed by atoms with van der Waals surface area (Å²) in [6.45, 7) is 6.69. The SMILES string of the molecule is CC(C)CCC1CCCCN1CCCC(=O)O. The maximum absolute atomic E-state index is 10.5. The fourth-order valence-corrected chi connectivity index (χ4v) is 2.64. The van der Waals surface area contributed by atoms with Gasteiger partial charge in [-0.25, -0.2) is 0 Å². The van der Waals surface area contributed by atoms with Gasteiger partial charge in [-0.1, -0.05) is 20.3 Å². The number of aliphatic carboxylic acids is 1. The molecule has 0 saturated carbocycles. The summed E-state index contributed by atoms with van der Waals surface area (Å²) in [5.74, 6) is 0.110. The van der Waals surface area contributed by atoms with Gasteiger partial charge in [0, 0.05) is 12.5 Å². The molecule has 1 rings (SSSR count). The first-order valence-electron chi connectivity index (χ1n) is 7.05. The standard InChI is InChI=1S/C14H27NO2/c1-12(2)8-9-13-6-3-4-10-15(13)11-5-7-14(16)17/h12-13H,3-11H2,1-2H3,(H,16,17). The number of piperidine rings is 1. The Labute approximate surface area is 105 Å². The molecule has 0 spiro atoms. The van der Waals surface area contributed by atoms with E-state index in [1.54, 1.807) is 0 Å². The lowest BCUT2D eigenvalue weighted by Gasteiger charge is -2.36. The quantitative estimate of drug-likeness (QED) is 0.744. The molecule has 3 heteroatoms. The minimum atomic E-state index is -0.666. The van der Waals surface area contributed by atoms with Crippen LogP contribution in [0.4, 0.5) is 0 Å². The molecule has 1 N–H and O–H groups in total. The van der Waals surface area contributed by atoms with Crippen LogP contribution in [0.5, 0.6) is 0 Å². The Bertz CT molecular complexity index is 228. The predicted octanol–water partition coefficient (Wildman–Crippen LogP) is 3.14. The predicted molar refractivity (Wildman–Crippen MR) is 70.2 cm³/mol. The van der Waals surface area contributed by atoms with E-state index in [0.717, 1.165) is 18.9 Å². The summed E-state index contributed by atoms with van der Waals surface area (Å²) in [4.78, 5) is 13.0. The molecule has 1 aliphatic heterocycles. The minimum absolute atomic E-state index is 0.313. The largest absolute Gasteiger partial charge is 0.481 e. The number of carboxylic acid groups (broad SMARTS) is 1. The van der Waals surface area contributed by atoms with Crippen LogP contribution in [0.1, 0.15) is 58.8 Å². The van der Waals surface area contributed by atoms with Gasteiger partial charge < -0.3 is 10.0 Å². The molecule has 0 bridgehead atoms. The number of hydrogen-bond acceptors (Lipinski definition) is 2. The molecule has 3 nitrogen and oxygen atoms in total. The first-order valence-corrected chi connectivity index (χ1v) is 7.05. The van der Waals surface area contributed by atoms with Crippen molar-refractivity contribution in [1.82, 2.24) is 4.90 Å². The van der Waals surface area contributed by atoms with Crippen LogP contribution in [-0.4, -0.2) is 35.1 Å². The molecule has 1 fully saturated rings. The summed E-state index contributed by atoms with van der Waals surface area (Å²) in [6, 6.07) is 0.708. The number of hydrogen-bond donors (Lipinski definition) is 1. The molecule has 0 aromatic carbocycles. The van der Waals surface area contributed by atoms with Crippen LogP contribution in [0.3, 0.4) is 0 Å². The van der Waals surface area contributed by atoms with Crippen LogP contribution in [0.25, 0.3) is 0 Å². The van der Waals surface area contributed by atoms with Gasteiger partial charge in [-0.15, -0.1) is 0 Å². The van der Waals surface area contributed by atoms with Gasteiger partial charge in [0.05, 0.1) is 0 Å². The molecular formula is C14H27NO2. The monoisotopic (exact) mass is 241 g/mol. The van der Waals surface area contributed by atoms with E-state index in [9.17, 15) is 4.79 Å². The average molecular weight is 241 g/mol. The molecule has 1 heterocycles. The van der Waals surface area contributed by atoms with Crippen LogP contribution in [0, 0.1) is 5.92 Å². The molecule has 0 aliphatic carbocycles. The van der Waals surface area contributed by atoms with E-state index in [2.05, 4.69) is 18.7 Å². The van der Waals surface area contributed by atoms with E-state index >= 15 is 0 Å². The first kappa shape index (κ1) is 14.5. The Morgan fingerprint density at radius 3 is 2.82 bits per heavy atom. The third kappa shape index (κ3) is 6.06. The Morgan fingerprint density at radius 1 is 1.41 bits per heavy atom. The van der Waals surface area contributed by atoms with E-state index in [4.69, 9.17) is 5.11 Å². The van der Waals surface area contributed by atoms with Gasteiger partial charge in [0.25, 0.3) is 0 Å². The highest BCUT2D eigenvalue weighted by atomic mass is 16.4. The fourth-order valence-electron chi connectivity index (χ4n) is 2.64. The summed E-state index contributed by atoms with van der Waals surface area (Å²) < 4.78 is 0. The molecule has 100 valence electrons. The van der Waals surface area contributed by atoms with Crippen LogP contribution in [-0.2, 0) is 4.79 Å². The van der Waals surface area contributed by atoms with Crippen molar-refractivity contribution >= 4 is 5.97 Å². The van der Waals surface area contributed by atoms with Crippen LogP contribution < -0.4 is 0 Å². The summed E-state index contributed by atoms with van der Waals surface area (Å²) in [6.07, 6.45) is 7.62. The normalized spacial score (nSPS) is 21.9. The zero-order chi connectivity index (χ0) is 12.7. The lowest BCUT2D eigenvalue weighted by Crippen LogP contribution is -2.40. The number of carboxylic acids is 1. The third-order valence-corrected chi connectivity index (χ3v) is 3.66. The van der Waals surface area contributed by atoms with E-state index in [0.29, 0.717) is 12.5 Å². The van der Waals surface area contributed by atoms with Gasteiger partial charge in [-0.05, 0) is 51.1 Å². The Balaban J connectivity index is 2.29. The first-order chi connectivity index (χ1) is 8.09. The van der Waals surface area contributed by atoms with Crippen molar-refractivity contribution in [2.45, 2.75) is 64.8 Å². The van der Waals surface area contributed by atoms with Crippen molar-refractivity contribution in [1.29, 1.82) is 0 Å². The topological polar surface area (TPSA) is 40.5 Å². The summed E-state index contributed by atoms with van der Waals surface area (Å²) >= 11 is 0.